The zero-order valence-electron chi connectivity index (χ0n) is 15.4. The highest BCUT2D eigenvalue weighted by atomic mass is 15.3. The molecule has 0 N–H and O–H groups in total. The van der Waals surface area contributed by atoms with Gasteiger partial charge in [-0.2, -0.15) is 0 Å². The lowest BCUT2D eigenvalue weighted by Gasteiger charge is -2.26. The highest BCUT2D eigenvalue weighted by Gasteiger charge is 2.16. The Morgan fingerprint density at radius 2 is 1.58 bits per heavy atom. The Kier molecular flexibility index (Phi) is 6.23. The molecule has 0 aliphatic heterocycles. The first-order chi connectivity index (χ1) is 11.4. The molecule has 2 unspecified atom stereocenters. The van der Waals surface area contributed by atoms with Gasteiger partial charge in [-0.1, -0.05) is 68.4 Å². The lowest BCUT2D eigenvalue weighted by atomic mass is 9.84. The predicted octanol–water partition coefficient (Wildman–Crippen LogP) is 5.50. The lowest BCUT2D eigenvalue weighted by molar-refractivity contribution is -0.836. The molecule has 0 bridgehead atoms. The van der Waals surface area contributed by atoms with Crippen molar-refractivity contribution in [1.29, 1.82) is 0 Å². The van der Waals surface area contributed by atoms with Gasteiger partial charge >= 0.3 is 0 Å². The highest BCUT2D eigenvalue weighted by molar-refractivity contribution is 5.26. The molecule has 0 aliphatic rings. The molecule has 0 saturated carbocycles. The molecule has 2 aromatic carbocycles. The van der Waals surface area contributed by atoms with Gasteiger partial charge in [-0.25, -0.2) is 0 Å². The number of hydrogen-bond acceptors (Lipinski definition) is 0. The van der Waals surface area contributed by atoms with Gasteiger partial charge in [-0.3, -0.25) is 4.48 Å². The average molecular weight is 319 g/mol. The van der Waals surface area contributed by atoms with E-state index < -0.39 is 0 Å². The Morgan fingerprint density at radius 3 is 2.12 bits per heavy atom. The van der Waals surface area contributed by atoms with E-state index >= 15 is 0 Å². The standard InChI is InChI=1S/C23H29N/c1-6-21(17-19(3)22-11-9-8-10-12-22)23-15-13-20(14-16-23)18-24(4,5)7-2/h8-16,19,21H,6,17-18H2,1,3-5H3. The molecular weight excluding hydrogens is 290 g/mol. The van der Waals surface area contributed by atoms with Crippen LogP contribution >= 0.6 is 0 Å². The number of nitrogens with zero attached hydrogens (tertiary/aromatic N) is 1. The van der Waals surface area contributed by atoms with Gasteiger partial charge < -0.3 is 6.42 Å². The number of quaternary nitrogens is 1. The second kappa shape index (κ2) is 8.18. The van der Waals surface area contributed by atoms with Gasteiger partial charge in [0.2, 0.25) is 0 Å². The fourth-order valence-corrected chi connectivity index (χ4v) is 3.27. The van der Waals surface area contributed by atoms with Crippen LogP contribution in [0.5, 0.6) is 0 Å². The third kappa shape index (κ3) is 4.98. The van der Waals surface area contributed by atoms with E-state index in [4.69, 9.17) is 6.42 Å². The summed E-state index contributed by atoms with van der Waals surface area (Å²) in [5.74, 6) is 1.16. The van der Waals surface area contributed by atoms with Crippen molar-refractivity contribution in [3.63, 3.8) is 0 Å². The van der Waals surface area contributed by atoms with E-state index in [1.54, 1.807) is 0 Å². The van der Waals surface area contributed by atoms with Crippen LogP contribution in [0.25, 0.3) is 0 Å². The van der Waals surface area contributed by atoms with E-state index in [0.717, 1.165) is 13.0 Å². The minimum absolute atomic E-state index is 0.460. The van der Waals surface area contributed by atoms with Gasteiger partial charge in [0.05, 0.1) is 14.1 Å². The fraction of sp³-hybridized carbons (Fsp3) is 0.391. The van der Waals surface area contributed by atoms with E-state index in [1.165, 1.54) is 23.1 Å². The highest BCUT2D eigenvalue weighted by Crippen LogP contribution is 2.32. The van der Waals surface area contributed by atoms with Crippen molar-refractivity contribution >= 4 is 0 Å². The van der Waals surface area contributed by atoms with Crippen molar-refractivity contribution < 1.29 is 4.48 Å². The summed E-state index contributed by atoms with van der Waals surface area (Å²) in [4.78, 5) is 0. The molecule has 0 aliphatic carbocycles. The summed E-state index contributed by atoms with van der Waals surface area (Å²) in [5, 5.41) is 0. The quantitative estimate of drug-likeness (QED) is 0.359. The first-order valence-corrected chi connectivity index (χ1v) is 8.86. The van der Waals surface area contributed by atoms with Crippen LogP contribution in [0, 0.1) is 12.5 Å². The molecule has 2 atom stereocenters. The van der Waals surface area contributed by atoms with Crippen LogP contribution in [0.2, 0.25) is 0 Å². The molecule has 0 spiro atoms. The Hall–Kier alpha value is -2.04. The first-order valence-electron chi connectivity index (χ1n) is 8.86. The van der Waals surface area contributed by atoms with E-state index in [9.17, 15) is 0 Å². The Balaban J connectivity index is 2.07. The minimum atomic E-state index is 0.460. The van der Waals surface area contributed by atoms with Gasteiger partial charge in [0.15, 0.2) is 0 Å². The third-order valence-electron chi connectivity index (χ3n) is 4.83. The smallest absolute Gasteiger partial charge is 0.114 e. The molecule has 0 fully saturated rings. The van der Waals surface area contributed by atoms with Crippen molar-refractivity contribution in [2.45, 2.75) is 45.1 Å². The van der Waals surface area contributed by atoms with Crippen LogP contribution in [0.4, 0.5) is 0 Å². The summed E-state index contributed by atoms with van der Waals surface area (Å²) in [6, 6.07) is 22.3. The number of hydrogen-bond donors (Lipinski definition) is 0. The maximum Gasteiger partial charge on any atom is 0.114 e. The Morgan fingerprint density at radius 1 is 0.958 bits per heavy atom. The van der Waals surface area contributed by atoms with Crippen molar-refractivity contribution in [3.05, 3.63) is 77.7 Å². The monoisotopic (exact) mass is 319 g/mol. The molecule has 2 rings (SSSR count). The van der Waals surface area contributed by atoms with E-state index in [-0.39, 0.29) is 0 Å². The molecule has 0 saturated heterocycles. The molecular formula is C23H29N. The lowest BCUT2D eigenvalue weighted by Crippen LogP contribution is -2.32. The van der Waals surface area contributed by atoms with Crippen molar-refractivity contribution in [1.82, 2.24) is 0 Å². The molecule has 0 heterocycles. The van der Waals surface area contributed by atoms with E-state index in [1.807, 2.05) is 14.1 Å². The SMILES string of the molecule is [C-]#C[N+](C)(C)Cc1ccc(C(CC)CC(C)c2ccccc2)cc1. The van der Waals surface area contributed by atoms with Gasteiger partial charge in [-0.15, -0.1) is 6.04 Å². The van der Waals surface area contributed by atoms with Gasteiger partial charge in [-0.05, 0) is 35.8 Å². The van der Waals surface area contributed by atoms with Crippen molar-refractivity contribution in [3.8, 4) is 6.04 Å². The summed E-state index contributed by atoms with van der Waals surface area (Å²) in [6.07, 6.45) is 9.71. The molecule has 0 amide bonds. The molecule has 126 valence electrons. The molecule has 1 nitrogen and oxygen atoms in total. The number of rotatable bonds is 7. The summed E-state index contributed by atoms with van der Waals surface area (Å²) < 4.78 is 0.460. The van der Waals surface area contributed by atoms with Gasteiger partial charge in [0.25, 0.3) is 0 Å². The van der Waals surface area contributed by atoms with E-state index in [0.29, 0.717) is 16.3 Å². The maximum atomic E-state index is 7.38. The van der Waals surface area contributed by atoms with Crippen LogP contribution in [0.3, 0.4) is 0 Å². The fourth-order valence-electron chi connectivity index (χ4n) is 3.27. The van der Waals surface area contributed by atoms with Crippen LogP contribution in [0.15, 0.2) is 54.6 Å². The van der Waals surface area contributed by atoms with Gasteiger partial charge in [0, 0.05) is 5.56 Å². The van der Waals surface area contributed by atoms with Crippen LogP contribution < -0.4 is 0 Å². The molecule has 0 aromatic heterocycles. The second-order valence-corrected chi connectivity index (χ2v) is 7.35. The third-order valence-corrected chi connectivity index (χ3v) is 4.83. The molecule has 2 aromatic rings. The minimum Gasteiger partial charge on any atom is -0.626 e. The van der Waals surface area contributed by atoms with E-state index in [2.05, 4.69) is 74.5 Å². The summed E-state index contributed by atoms with van der Waals surface area (Å²) in [6.45, 7) is 5.41. The summed E-state index contributed by atoms with van der Waals surface area (Å²) in [7, 11) is 3.99. The Labute approximate surface area is 147 Å². The summed E-state index contributed by atoms with van der Waals surface area (Å²) in [5.41, 5.74) is 4.11. The second-order valence-electron chi connectivity index (χ2n) is 7.35. The average Bonchev–Trinajstić information content (AvgIpc) is 2.61. The van der Waals surface area contributed by atoms with Crippen LogP contribution in [-0.2, 0) is 6.54 Å². The molecule has 1 heteroatoms. The molecule has 0 radical (unpaired) electrons. The normalized spacial score (nSPS) is 14.0. The first kappa shape index (κ1) is 18.3. The van der Waals surface area contributed by atoms with Crippen LogP contribution in [-0.4, -0.2) is 18.6 Å². The van der Waals surface area contributed by atoms with Crippen molar-refractivity contribution in [2.24, 2.45) is 0 Å². The predicted molar refractivity (Wildman–Crippen MR) is 102 cm³/mol. The topological polar surface area (TPSA) is 0 Å². The summed E-state index contributed by atoms with van der Waals surface area (Å²) >= 11 is 0. The molecule has 24 heavy (non-hydrogen) atoms. The van der Waals surface area contributed by atoms with Crippen LogP contribution in [0.1, 0.15) is 55.2 Å². The number of benzene rings is 2. The Bertz CT molecular complexity index is 661. The van der Waals surface area contributed by atoms with Crippen molar-refractivity contribution in [2.75, 3.05) is 14.1 Å². The maximum absolute atomic E-state index is 7.38. The zero-order chi connectivity index (χ0) is 17.6. The van der Waals surface area contributed by atoms with Gasteiger partial charge in [0.1, 0.15) is 6.54 Å². The zero-order valence-corrected chi connectivity index (χ0v) is 15.4. The largest absolute Gasteiger partial charge is 0.626 e.